The highest BCUT2D eigenvalue weighted by Crippen LogP contribution is 2.38. The van der Waals surface area contributed by atoms with Crippen LogP contribution in [0.4, 0.5) is 17.6 Å². The molecule has 1 rings (SSSR count). The normalized spacial score (nSPS) is 11.1. The SMILES string of the molecule is CC(=O)c1ccc(Br)c(C(F)F)c1OC(F)F. The van der Waals surface area contributed by atoms with Crippen molar-refractivity contribution in [1.82, 2.24) is 0 Å². The van der Waals surface area contributed by atoms with Crippen molar-refractivity contribution in [3.8, 4) is 5.75 Å². The van der Waals surface area contributed by atoms with Crippen molar-refractivity contribution in [1.29, 1.82) is 0 Å². The van der Waals surface area contributed by atoms with Gasteiger partial charge in [-0.25, -0.2) is 8.78 Å². The van der Waals surface area contributed by atoms with E-state index in [1.54, 1.807) is 0 Å². The average Bonchev–Trinajstić information content (AvgIpc) is 2.15. The maximum atomic E-state index is 12.7. The maximum absolute atomic E-state index is 12.7. The van der Waals surface area contributed by atoms with Gasteiger partial charge in [-0.2, -0.15) is 8.78 Å². The van der Waals surface area contributed by atoms with Gasteiger partial charge < -0.3 is 4.74 Å². The zero-order chi connectivity index (χ0) is 13.2. The molecule has 0 saturated heterocycles. The van der Waals surface area contributed by atoms with Crippen LogP contribution in [0, 0.1) is 0 Å². The van der Waals surface area contributed by atoms with Crippen molar-refractivity contribution in [2.45, 2.75) is 20.0 Å². The molecule has 0 aromatic heterocycles. The molecule has 0 bridgehead atoms. The van der Waals surface area contributed by atoms with Crippen LogP contribution in [0.3, 0.4) is 0 Å². The molecular weight excluding hydrogens is 308 g/mol. The van der Waals surface area contributed by atoms with E-state index in [9.17, 15) is 22.4 Å². The monoisotopic (exact) mass is 314 g/mol. The molecule has 0 fully saturated rings. The topological polar surface area (TPSA) is 26.3 Å². The largest absolute Gasteiger partial charge is 0.433 e. The molecule has 0 N–H and O–H groups in total. The predicted molar refractivity (Wildman–Crippen MR) is 55.7 cm³/mol. The van der Waals surface area contributed by atoms with Crippen LogP contribution in [-0.4, -0.2) is 12.4 Å². The first kappa shape index (κ1) is 14.0. The molecule has 1 aromatic rings. The second-order valence-electron chi connectivity index (χ2n) is 3.07. The number of rotatable bonds is 4. The summed E-state index contributed by atoms with van der Waals surface area (Å²) in [5.41, 5.74) is -1.05. The number of benzene rings is 1. The number of carbonyl (C=O) groups is 1. The Balaban J connectivity index is 3.44. The molecule has 7 heteroatoms. The van der Waals surface area contributed by atoms with Crippen LogP contribution < -0.4 is 4.74 Å². The van der Waals surface area contributed by atoms with E-state index in [4.69, 9.17) is 0 Å². The Kier molecular flexibility index (Phi) is 4.50. The molecule has 0 unspecified atom stereocenters. The van der Waals surface area contributed by atoms with Crippen LogP contribution in [0.2, 0.25) is 0 Å². The summed E-state index contributed by atoms with van der Waals surface area (Å²) < 4.78 is 53.6. The second-order valence-corrected chi connectivity index (χ2v) is 3.93. The van der Waals surface area contributed by atoms with Crippen LogP contribution in [0.1, 0.15) is 29.3 Å². The van der Waals surface area contributed by atoms with E-state index in [-0.39, 0.29) is 10.0 Å². The Labute approximate surface area is 103 Å². The van der Waals surface area contributed by atoms with Gasteiger partial charge in [0.05, 0.1) is 11.1 Å². The third-order valence-corrected chi connectivity index (χ3v) is 2.64. The summed E-state index contributed by atoms with van der Waals surface area (Å²) in [7, 11) is 0. The molecule has 17 heavy (non-hydrogen) atoms. The minimum absolute atomic E-state index is 0.0897. The van der Waals surface area contributed by atoms with Crippen molar-refractivity contribution in [3.05, 3.63) is 27.7 Å². The maximum Gasteiger partial charge on any atom is 0.387 e. The Morgan fingerprint density at radius 1 is 1.29 bits per heavy atom. The first-order valence-corrected chi connectivity index (χ1v) is 5.20. The summed E-state index contributed by atoms with van der Waals surface area (Å²) >= 11 is 2.80. The third-order valence-electron chi connectivity index (χ3n) is 1.95. The van der Waals surface area contributed by atoms with Crippen molar-refractivity contribution in [2.24, 2.45) is 0 Å². The Morgan fingerprint density at radius 2 is 1.88 bits per heavy atom. The molecule has 2 nitrogen and oxygen atoms in total. The lowest BCUT2D eigenvalue weighted by atomic mass is 10.1. The number of Topliss-reactive ketones (excluding diaryl/α,β-unsaturated/α-hetero) is 1. The molecule has 0 atom stereocenters. The molecule has 0 aliphatic heterocycles. The van der Waals surface area contributed by atoms with E-state index in [0.717, 1.165) is 13.0 Å². The fourth-order valence-corrected chi connectivity index (χ4v) is 1.76. The molecule has 0 heterocycles. The summed E-state index contributed by atoms with van der Waals surface area (Å²) in [4.78, 5) is 11.1. The molecule has 0 radical (unpaired) electrons. The number of hydrogen-bond donors (Lipinski definition) is 0. The summed E-state index contributed by atoms with van der Waals surface area (Å²) in [5, 5.41) is 0. The van der Waals surface area contributed by atoms with E-state index >= 15 is 0 Å². The van der Waals surface area contributed by atoms with E-state index < -0.39 is 30.1 Å². The summed E-state index contributed by atoms with van der Waals surface area (Å²) in [6.07, 6.45) is -3.03. The number of hydrogen-bond acceptors (Lipinski definition) is 2. The quantitative estimate of drug-likeness (QED) is 0.615. The molecular formula is C10H7BrF4O2. The van der Waals surface area contributed by atoms with Gasteiger partial charge in [0, 0.05) is 4.47 Å². The molecule has 0 aliphatic carbocycles. The van der Waals surface area contributed by atoms with Gasteiger partial charge in [0.25, 0.3) is 6.43 Å². The Bertz CT molecular complexity index is 435. The second kappa shape index (κ2) is 5.48. The smallest absolute Gasteiger partial charge is 0.387 e. The zero-order valence-electron chi connectivity index (χ0n) is 8.52. The highest BCUT2D eigenvalue weighted by atomic mass is 79.9. The number of alkyl halides is 4. The van der Waals surface area contributed by atoms with Crippen molar-refractivity contribution in [3.63, 3.8) is 0 Å². The summed E-state index contributed by atoms with van der Waals surface area (Å²) in [6.45, 7) is -2.20. The fourth-order valence-electron chi connectivity index (χ4n) is 1.27. The number of carbonyl (C=O) groups excluding carboxylic acids is 1. The molecule has 0 aliphatic rings. The van der Waals surface area contributed by atoms with Gasteiger partial charge in [0.1, 0.15) is 5.75 Å². The van der Waals surface area contributed by atoms with Gasteiger partial charge in [0.15, 0.2) is 5.78 Å². The minimum atomic E-state index is -3.28. The van der Waals surface area contributed by atoms with Gasteiger partial charge in [-0.1, -0.05) is 15.9 Å². The van der Waals surface area contributed by atoms with Crippen molar-refractivity contribution >= 4 is 21.7 Å². The van der Waals surface area contributed by atoms with E-state index in [1.807, 2.05) is 0 Å². The van der Waals surface area contributed by atoms with Gasteiger partial charge in [-0.15, -0.1) is 0 Å². The highest BCUT2D eigenvalue weighted by Gasteiger charge is 2.25. The molecule has 1 aromatic carbocycles. The number of ketones is 1. The number of ether oxygens (including phenoxy) is 1. The minimum Gasteiger partial charge on any atom is -0.433 e. The van der Waals surface area contributed by atoms with Gasteiger partial charge in [-0.05, 0) is 19.1 Å². The average molecular weight is 315 g/mol. The Hall–Kier alpha value is -1.11. The molecule has 94 valence electrons. The van der Waals surface area contributed by atoms with Gasteiger partial charge in [0.2, 0.25) is 0 Å². The number of halogens is 5. The molecule has 0 spiro atoms. The van der Waals surface area contributed by atoms with Crippen LogP contribution in [0.25, 0.3) is 0 Å². The standard InChI is InChI=1S/C10H7BrF4O2/c1-4(16)5-2-3-6(11)7(9(12)13)8(5)17-10(14)15/h2-3,9-10H,1H3. The fraction of sp³-hybridized carbons (Fsp3) is 0.300. The molecule has 0 saturated carbocycles. The van der Waals surface area contributed by atoms with Gasteiger partial charge in [-0.3, -0.25) is 4.79 Å². The summed E-state index contributed by atoms with van der Waals surface area (Å²) in [5.74, 6) is -1.41. The van der Waals surface area contributed by atoms with E-state index in [1.165, 1.54) is 6.07 Å². The first-order valence-electron chi connectivity index (χ1n) is 4.41. The Morgan fingerprint density at radius 3 is 2.29 bits per heavy atom. The third kappa shape index (κ3) is 3.18. The first-order chi connectivity index (χ1) is 7.84. The lowest BCUT2D eigenvalue weighted by Gasteiger charge is -2.14. The van der Waals surface area contributed by atoms with Crippen molar-refractivity contribution < 1.29 is 27.1 Å². The van der Waals surface area contributed by atoms with Gasteiger partial charge >= 0.3 is 6.61 Å². The predicted octanol–water partition coefficient (Wildman–Crippen LogP) is 4.19. The molecule has 0 amide bonds. The van der Waals surface area contributed by atoms with Crippen molar-refractivity contribution in [2.75, 3.05) is 0 Å². The van der Waals surface area contributed by atoms with Crippen LogP contribution in [0.5, 0.6) is 5.75 Å². The highest BCUT2D eigenvalue weighted by molar-refractivity contribution is 9.10. The zero-order valence-corrected chi connectivity index (χ0v) is 10.1. The van der Waals surface area contributed by atoms with E-state index in [2.05, 4.69) is 20.7 Å². The van der Waals surface area contributed by atoms with Crippen LogP contribution >= 0.6 is 15.9 Å². The lowest BCUT2D eigenvalue weighted by Crippen LogP contribution is -2.10. The summed E-state index contributed by atoms with van der Waals surface area (Å²) in [6, 6.07) is 2.34. The van der Waals surface area contributed by atoms with E-state index in [0.29, 0.717) is 0 Å². The van der Waals surface area contributed by atoms with Crippen LogP contribution in [-0.2, 0) is 0 Å². The lowest BCUT2D eigenvalue weighted by molar-refractivity contribution is -0.0523. The van der Waals surface area contributed by atoms with Crippen LogP contribution in [0.15, 0.2) is 16.6 Å².